The van der Waals surface area contributed by atoms with Gasteiger partial charge in [0.2, 0.25) is 0 Å². The number of nitrogens with one attached hydrogen (secondary N) is 1. The van der Waals surface area contributed by atoms with E-state index in [1.54, 1.807) is 23.6 Å². The van der Waals surface area contributed by atoms with Gasteiger partial charge in [-0.05, 0) is 12.1 Å². The molecule has 0 spiro atoms. The molecule has 1 aromatic carbocycles. The number of rotatable bonds is 2. The van der Waals surface area contributed by atoms with Crippen LogP contribution in [0.3, 0.4) is 0 Å². The van der Waals surface area contributed by atoms with Gasteiger partial charge in [0.1, 0.15) is 5.75 Å². The Labute approximate surface area is 74.3 Å². The topological polar surface area (TPSA) is 81.9 Å². The second-order valence-electron chi connectivity index (χ2n) is 2.23. The van der Waals surface area contributed by atoms with E-state index in [1.807, 2.05) is 0 Å². The predicted molar refractivity (Wildman–Crippen MR) is 46.9 cm³/mol. The van der Waals surface area contributed by atoms with Crippen molar-refractivity contribution in [3.8, 4) is 5.75 Å². The van der Waals surface area contributed by atoms with Gasteiger partial charge in [0.15, 0.2) is 0 Å². The normalized spacial score (nSPS) is 10.2. The fourth-order valence-corrected chi connectivity index (χ4v) is 0.754. The molecule has 0 atom stereocenters. The highest BCUT2D eigenvalue weighted by Crippen LogP contribution is 2.12. The van der Waals surface area contributed by atoms with Crippen LogP contribution in [0.15, 0.2) is 29.4 Å². The molecule has 0 fully saturated rings. The molecule has 0 saturated heterocycles. The van der Waals surface area contributed by atoms with Crippen molar-refractivity contribution in [2.75, 3.05) is 0 Å². The quantitative estimate of drug-likeness (QED) is 0.469. The zero-order valence-electron chi connectivity index (χ0n) is 6.64. The first-order valence-electron chi connectivity index (χ1n) is 3.50. The first kappa shape index (κ1) is 9.05. The average molecular weight is 180 g/mol. The molecule has 0 saturated carbocycles. The smallest absolute Gasteiger partial charge is 0.425 e. The number of benzene rings is 1. The van der Waals surface area contributed by atoms with E-state index in [0.29, 0.717) is 5.56 Å². The molecular weight excluding hydrogens is 172 g/mol. The van der Waals surface area contributed by atoms with Gasteiger partial charge in [-0.2, -0.15) is 5.10 Å². The van der Waals surface area contributed by atoms with Crippen LogP contribution in [0.2, 0.25) is 0 Å². The van der Waals surface area contributed by atoms with Crippen LogP contribution in [0.5, 0.6) is 5.75 Å². The number of amides is 1. The molecule has 5 heteroatoms. The lowest BCUT2D eigenvalue weighted by atomic mass is 10.2. The van der Waals surface area contributed by atoms with Gasteiger partial charge in [-0.25, -0.2) is 10.2 Å². The molecule has 0 heterocycles. The SMILES string of the molecule is O=C(O)N/N=C/c1ccccc1O. The van der Waals surface area contributed by atoms with Crippen LogP contribution in [-0.4, -0.2) is 22.5 Å². The summed E-state index contributed by atoms with van der Waals surface area (Å²) in [7, 11) is 0. The Kier molecular flexibility index (Phi) is 2.86. The molecule has 68 valence electrons. The van der Waals surface area contributed by atoms with Crippen molar-refractivity contribution in [3.05, 3.63) is 29.8 Å². The zero-order chi connectivity index (χ0) is 9.68. The number of carboxylic acid groups (broad SMARTS) is 1. The Morgan fingerprint density at radius 2 is 2.15 bits per heavy atom. The van der Waals surface area contributed by atoms with Gasteiger partial charge in [-0.15, -0.1) is 0 Å². The highest BCUT2D eigenvalue weighted by Gasteiger charge is 1.94. The Hall–Kier alpha value is -2.04. The summed E-state index contributed by atoms with van der Waals surface area (Å²) < 4.78 is 0. The summed E-state index contributed by atoms with van der Waals surface area (Å²) in [6, 6.07) is 6.48. The highest BCUT2D eigenvalue weighted by molar-refractivity contribution is 5.83. The second kappa shape index (κ2) is 4.10. The van der Waals surface area contributed by atoms with Gasteiger partial charge >= 0.3 is 6.09 Å². The van der Waals surface area contributed by atoms with Crippen LogP contribution in [0.4, 0.5) is 4.79 Å². The molecule has 3 N–H and O–H groups in total. The van der Waals surface area contributed by atoms with Crippen LogP contribution in [-0.2, 0) is 0 Å². The third kappa shape index (κ3) is 2.82. The summed E-state index contributed by atoms with van der Waals surface area (Å²) in [6.45, 7) is 0. The molecule has 0 aromatic heterocycles. The third-order valence-electron chi connectivity index (χ3n) is 1.30. The Morgan fingerprint density at radius 3 is 2.77 bits per heavy atom. The van der Waals surface area contributed by atoms with E-state index in [2.05, 4.69) is 5.10 Å². The van der Waals surface area contributed by atoms with E-state index in [0.717, 1.165) is 0 Å². The number of aromatic hydroxyl groups is 1. The Morgan fingerprint density at radius 1 is 1.46 bits per heavy atom. The van der Waals surface area contributed by atoms with Crippen LogP contribution in [0.25, 0.3) is 0 Å². The van der Waals surface area contributed by atoms with E-state index >= 15 is 0 Å². The van der Waals surface area contributed by atoms with Gasteiger partial charge in [0.25, 0.3) is 0 Å². The monoisotopic (exact) mass is 180 g/mol. The molecule has 1 aromatic rings. The Balaban J connectivity index is 2.68. The molecule has 1 amide bonds. The summed E-state index contributed by atoms with van der Waals surface area (Å²) >= 11 is 0. The number of para-hydroxylation sites is 1. The number of hydrazone groups is 1. The lowest BCUT2D eigenvalue weighted by Crippen LogP contribution is -2.13. The van der Waals surface area contributed by atoms with E-state index in [9.17, 15) is 9.90 Å². The molecule has 0 radical (unpaired) electrons. The first-order valence-corrected chi connectivity index (χ1v) is 3.50. The van der Waals surface area contributed by atoms with Crippen molar-refractivity contribution < 1.29 is 15.0 Å². The number of hydrogen-bond acceptors (Lipinski definition) is 3. The summed E-state index contributed by atoms with van der Waals surface area (Å²) in [5.41, 5.74) is 2.25. The fourth-order valence-electron chi connectivity index (χ4n) is 0.754. The molecule has 0 aliphatic carbocycles. The lowest BCUT2D eigenvalue weighted by molar-refractivity contribution is 0.195. The number of nitrogens with zero attached hydrogens (tertiary/aromatic N) is 1. The molecule has 0 unspecified atom stereocenters. The Bertz CT molecular complexity index is 336. The van der Waals surface area contributed by atoms with E-state index < -0.39 is 6.09 Å². The molecule has 0 bridgehead atoms. The first-order chi connectivity index (χ1) is 6.20. The van der Waals surface area contributed by atoms with Crippen molar-refractivity contribution in [3.63, 3.8) is 0 Å². The van der Waals surface area contributed by atoms with Crippen molar-refractivity contribution >= 4 is 12.3 Å². The molecule has 13 heavy (non-hydrogen) atoms. The van der Waals surface area contributed by atoms with Crippen molar-refractivity contribution in [2.45, 2.75) is 0 Å². The van der Waals surface area contributed by atoms with Gasteiger partial charge < -0.3 is 10.2 Å². The predicted octanol–water partition coefficient (Wildman–Crippen LogP) is 0.994. The highest BCUT2D eigenvalue weighted by atomic mass is 16.4. The second-order valence-corrected chi connectivity index (χ2v) is 2.23. The zero-order valence-corrected chi connectivity index (χ0v) is 6.64. The van der Waals surface area contributed by atoms with Crippen LogP contribution in [0, 0.1) is 0 Å². The minimum atomic E-state index is -1.24. The minimum Gasteiger partial charge on any atom is -0.507 e. The molecule has 1 rings (SSSR count). The number of carbonyl (C=O) groups is 1. The largest absolute Gasteiger partial charge is 0.507 e. The number of hydrogen-bond donors (Lipinski definition) is 3. The molecule has 5 nitrogen and oxygen atoms in total. The maximum Gasteiger partial charge on any atom is 0.425 e. The molecular formula is C8H8N2O3. The van der Waals surface area contributed by atoms with Crippen LogP contribution in [0.1, 0.15) is 5.56 Å². The van der Waals surface area contributed by atoms with Crippen LogP contribution >= 0.6 is 0 Å². The standard InChI is InChI=1S/C8H8N2O3/c11-7-4-2-1-3-6(7)5-9-10-8(12)13/h1-5,10-11H,(H,12,13)/b9-5+. The third-order valence-corrected chi connectivity index (χ3v) is 1.30. The summed E-state index contributed by atoms with van der Waals surface area (Å²) in [4.78, 5) is 9.99. The summed E-state index contributed by atoms with van der Waals surface area (Å²) in [5, 5.41) is 20.8. The van der Waals surface area contributed by atoms with Gasteiger partial charge in [-0.3, -0.25) is 0 Å². The van der Waals surface area contributed by atoms with E-state index in [-0.39, 0.29) is 5.75 Å². The van der Waals surface area contributed by atoms with Crippen molar-refractivity contribution in [1.82, 2.24) is 5.43 Å². The molecule has 0 aliphatic rings. The van der Waals surface area contributed by atoms with Gasteiger partial charge in [-0.1, -0.05) is 12.1 Å². The number of phenols is 1. The maximum atomic E-state index is 9.99. The average Bonchev–Trinajstić information content (AvgIpc) is 2.08. The molecule has 0 aliphatic heterocycles. The van der Waals surface area contributed by atoms with Gasteiger partial charge in [0.05, 0.1) is 6.21 Å². The lowest BCUT2D eigenvalue weighted by Gasteiger charge is -1.95. The van der Waals surface area contributed by atoms with Crippen LogP contribution < -0.4 is 5.43 Å². The van der Waals surface area contributed by atoms with Crippen molar-refractivity contribution in [1.29, 1.82) is 0 Å². The summed E-state index contributed by atoms with van der Waals surface area (Å²) in [6.07, 6.45) is -0.0182. The summed E-state index contributed by atoms with van der Waals surface area (Å²) in [5.74, 6) is 0.0541. The van der Waals surface area contributed by atoms with E-state index in [4.69, 9.17) is 5.11 Å². The van der Waals surface area contributed by atoms with Gasteiger partial charge in [0, 0.05) is 5.56 Å². The number of phenolic OH excluding ortho intramolecular Hbond substituents is 1. The fraction of sp³-hybridized carbons (Fsp3) is 0. The maximum absolute atomic E-state index is 9.99. The minimum absolute atomic E-state index is 0.0541. The van der Waals surface area contributed by atoms with E-state index in [1.165, 1.54) is 12.3 Å². The van der Waals surface area contributed by atoms with Crippen molar-refractivity contribution in [2.24, 2.45) is 5.10 Å².